The maximum Gasteiger partial charge on any atom is 0.411 e. The second-order valence-electron chi connectivity index (χ2n) is 4.68. The SMILES string of the molecule is CCc1nn(C)cc1CNc1ccc(NC(=O)OC)cc1. The van der Waals surface area contributed by atoms with Crippen LogP contribution in [0.25, 0.3) is 0 Å². The van der Waals surface area contributed by atoms with E-state index in [0.29, 0.717) is 5.69 Å². The van der Waals surface area contributed by atoms with Crippen LogP contribution in [-0.2, 0) is 24.8 Å². The van der Waals surface area contributed by atoms with E-state index in [1.165, 1.54) is 12.7 Å². The number of nitrogens with zero attached hydrogens (tertiary/aromatic N) is 2. The van der Waals surface area contributed by atoms with Gasteiger partial charge >= 0.3 is 6.09 Å². The van der Waals surface area contributed by atoms with Crippen molar-refractivity contribution >= 4 is 17.5 Å². The normalized spacial score (nSPS) is 10.2. The van der Waals surface area contributed by atoms with Gasteiger partial charge in [0.05, 0.1) is 12.8 Å². The number of hydrogen-bond acceptors (Lipinski definition) is 4. The second-order valence-corrected chi connectivity index (χ2v) is 4.68. The second kappa shape index (κ2) is 6.78. The smallest absolute Gasteiger partial charge is 0.411 e. The van der Waals surface area contributed by atoms with Crippen molar-refractivity contribution in [1.82, 2.24) is 9.78 Å². The van der Waals surface area contributed by atoms with E-state index < -0.39 is 6.09 Å². The van der Waals surface area contributed by atoms with Crippen LogP contribution in [0.2, 0.25) is 0 Å². The highest BCUT2D eigenvalue weighted by molar-refractivity contribution is 5.84. The molecule has 0 saturated heterocycles. The Morgan fingerprint density at radius 1 is 1.29 bits per heavy atom. The molecule has 0 atom stereocenters. The van der Waals surface area contributed by atoms with E-state index >= 15 is 0 Å². The summed E-state index contributed by atoms with van der Waals surface area (Å²) in [6.45, 7) is 2.82. The molecule has 1 aromatic heterocycles. The minimum Gasteiger partial charge on any atom is -0.453 e. The number of ether oxygens (including phenoxy) is 1. The first-order chi connectivity index (χ1) is 10.1. The van der Waals surface area contributed by atoms with E-state index in [-0.39, 0.29) is 0 Å². The van der Waals surface area contributed by atoms with Crippen LogP contribution >= 0.6 is 0 Å². The summed E-state index contributed by atoms with van der Waals surface area (Å²) in [7, 11) is 3.26. The molecule has 2 aromatic rings. The lowest BCUT2D eigenvalue weighted by Crippen LogP contribution is -2.10. The molecule has 0 aliphatic carbocycles. The predicted octanol–water partition coefficient (Wildman–Crippen LogP) is 2.77. The molecule has 1 aromatic carbocycles. The molecule has 0 aliphatic heterocycles. The fourth-order valence-corrected chi connectivity index (χ4v) is 2.07. The Bertz CT molecular complexity index is 605. The molecule has 1 heterocycles. The number of carbonyl (C=O) groups excluding carboxylic acids is 1. The van der Waals surface area contributed by atoms with Crippen molar-refractivity contribution in [2.45, 2.75) is 19.9 Å². The molecular formula is C15H20N4O2. The Kier molecular flexibility index (Phi) is 4.81. The van der Waals surface area contributed by atoms with E-state index in [0.717, 1.165) is 24.3 Å². The van der Waals surface area contributed by atoms with Crippen LogP contribution in [0.5, 0.6) is 0 Å². The lowest BCUT2D eigenvalue weighted by molar-refractivity contribution is 0.187. The van der Waals surface area contributed by atoms with Crippen molar-refractivity contribution < 1.29 is 9.53 Å². The summed E-state index contributed by atoms with van der Waals surface area (Å²) in [5.74, 6) is 0. The zero-order valence-corrected chi connectivity index (χ0v) is 12.5. The summed E-state index contributed by atoms with van der Waals surface area (Å²) in [4.78, 5) is 11.1. The molecule has 21 heavy (non-hydrogen) atoms. The minimum atomic E-state index is -0.473. The van der Waals surface area contributed by atoms with Crippen molar-refractivity contribution in [3.8, 4) is 0 Å². The molecule has 6 heteroatoms. The van der Waals surface area contributed by atoms with Gasteiger partial charge in [0.15, 0.2) is 0 Å². The molecule has 2 rings (SSSR count). The number of anilines is 2. The van der Waals surface area contributed by atoms with Gasteiger partial charge in [-0.25, -0.2) is 4.79 Å². The highest BCUT2D eigenvalue weighted by Gasteiger charge is 2.05. The van der Waals surface area contributed by atoms with Gasteiger partial charge < -0.3 is 10.1 Å². The van der Waals surface area contributed by atoms with Crippen LogP contribution in [0.15, 0.2) is 30.5 Å². The van der Waals surface area contributed by atoms with E-state index in [2.05, 4.69) is 27.4 Å². The number of nitrogens with one attached hydrogen (secondary N) is 2. The number of carbonyl (C=O) groups is 1. The van der Waals surface area contributed by atoms with Crippen molar-refractivity contribution in [1.29, 1.82) is 0 Å². The van der Waals surface area contributed by atoms with Gasteiger partial charge in [-0.3, -0.25) is 10.00 Å². The summed E-state index contributed by atoms with van der Waals surface area (Å²) in [6.07, 6.45) is 2.47. The largest absolute Gasteiger partial charge is 0.453 e. The van der Waals surface area contributed by atoms with E-state index in [1.807, 2.05) is 42.2 Å². The van der Waals surface area contributed by atoms with Crippen LogP contribution in [0.1, 0.15) is 18.2 Å². The number of methoxy groups -OCH3 is 1. The minimum absolute atomic E-state index is 0.473. The van der Waals surface area contributed by atoms with Crippen LogP contribution in [0, 0.1) is 0 Å². The Hall–Kier alpha value is -2.50. The number of amides is 1. The number of benzene rings is 1. The summed E-state index contributed by atoms with van der Waals surface area (Å²) < 4.78 is 6.38. The van der Waals surface area contributed by atoms with Crippen molar-refractivity contribution in [2.24, 2.45) is 7.05 Å². The van der Waals surface area contributed by atoms with Gasteiger partial charge in [-0.15, -0.1) is 0 Å². The van der Waals surface area contributed by atoms with Gasteiger partial charge in [0.1, 0.15) is 0 Å². The van der Waals surface area contributed by atoms with Gasteiger partial charge in [0.25, 0.3) is 0 Å². The molecule has 0 fully saturated rings. The topological polar surface area (TPSA) is 68.2 Å². The van der Waals surface area contributed by atoms with Crippen LogP contribution in [0.4, 0.5) is 16.2 Å². The number of rotatable bonds is 5. The molecule has 1 amide bonds. The number of aryl methyl sites for hydroxylation is 2. The van der Waals surface area contributed by atoms with Crippen LogP contribution in [0.3, 0.4) is 0 Å². The molecule has 6 nitrogen and oxygen atoms in total. The first-order valence-corrected chi connectivity index (χ1v) is 6.82. The standard InChI is InChI=1S/C15H20N4O2/c1-4-14-11(10-19(2)18-14)9-16-12-5-7-13(8-6-12)17-15(20)21-3/h5-8,10,16H,4,9H2,1-3H3,(H,17,20). The molecule has 0 saturated carbocycles. The van der Waals surface area contributed by atoms with E-state index in [9.17, 15) is 4.79 Å². The van der Waals surface area contributed by atoms with E-state index in [4.69, 9.17) is 0 Å². The fraction of sp³-hybridized carbons (Fsp3) is 0.333. The van der Waals surface area contributed by atoms with Crippen molar-refractivity contribution in [3.05, 3.63) is 41.7 Å². The third kappa shape index (κ3) is 3.98. The third-order valence-corrected chi connectivity index (χ3v) is 3.13. The highest BCUT2D eigenvalue weighted by atomic mass is 16.5. The maximum atomic E-state index is 11.1. The van der Waals surface area contributed by atoms with Crippen molar-refractivity contribution in [2.75, 3.05) is 17.7 Å². The summed E-state index contributed by atoms with van der Waals surface area (Å²) in [5, 5.41) is 10.4. The Balaban J connectivity index is 1.95. The average Bonchev–Trinajstić information content (AvgIpc) is 2.86. The quantitative estimate of drug-likeness (QED) is 0.887. The highest BCUT2D eigenvalue weighted by Crippen LogP contribution is 2.16. The van der Waals surface area contributed by atoms with E-state index in [1.54, 1.807) is 0 Å². The zero-order valence-electron chi connectivity index (χ0n) is 12.5. The lowest BCUT2D eigenvalue weighted by atomic mass is 10.2. The predicted molar refractivity (Wildman–Crippen MR) is 82.4 cm³/mol. The molecule has 0 bridgehead atoms. The monoisotopic (exact) mass is 288 g/mol. The average molecular weight is 288 g/mol. The zero-order chi connectivity index (χ0) is 15.2. The Labute approximate surface area is 124 Å². The first-order valence-electron chi connectivity index (χ1n) is 6.82. The molecule has 2 N–H and O–H groups in total. The molecule has 0 unspecified atom stereocenters. The molecule has 0 aliphatic rings. The maximum absolute atomic E-state index is 11.1. The van der Waals surface area contributed by atoms with Gasteiger partial charge in [-0.2, -0.15) is 5.10 Å². The summed E-state index contributed by atoms with van der Waals surface area (Å²) in [5.41, 5.74) is 3.98. The fourth-order valence-electron chi connectivity index (χ4n) is 2.07. The molecule has 0 spiro atoms. The van der Waals surface area contributed by atoms with Crippen molar-refractivity contribution in [3.63, 3.8) is 0 Å². The summed E-state index contributed by atoms with van der Waals surface area (Å²) >= 11 is 0. The lowest BCUT2D eigenvalue weighted by Gasteiger charge is -2.08. The Morgan fingerprint density at radius 3 is 2.57 bits per heavy atom. The molecule has 0 radical (unpaired) electrons. The van der Waals surface area contributed by atoms with Gasteiger partial charge in [-0.05, 0) is 30.7 Å². The van der Waals surface area contributed by atoms with Gasteiger partial charge in [-0.1, -0.05) is 6.92 Å². The van der Waals surface area contributed by atoms with Crippen LogP contribution < -0.4 is 10.6 Å². The third-order valence-electron chi connectivity index (χ3n) is 3.13. The van der Waals surface area contributed by atoms with Crippen LogP contribution in [-0.4, -0.2) is 23.0 Å². The van der Waals surface area contributed by atoms with Gasteiger partial charge in [0, 0.05) is 36.7 Å². The van der Waals surface area contributed by atoms with Gasteiger partial charge in [0.2, 0.25) is 0 Å². The summed E-state index contributed by atoms with van der Waals surface area (Å²) in [6, 6.07) is 7.47. The molecular weight excluding hydrogens is 268 g/mol. The molecule has 112 valence electrons. The number of hydrogen-bond donors (Lipinski definition) is 2. The number of aromatic nitrogens is 2. The Morgan fingerprint density at radius 2 is 1.95 bits per heavy atom. The first kappa shape index (κ1) is 14.9.